The van der Waals surface area contributed by atoms with Crippen molar-refractivity contribution in [1.29, 1.82) is 0 Å². The Morgan fingerprint density at radius 2 is 1.77 bits per heavy atom. The van der Waals surface area contributed by atoms with E-state index in [4.69, 9.17) is 49.4 Å². The van der Waals surface area contributed by atoms with E-state index in [1.54, 1.807) is 18.2 Å². The fourth-order valence-corrected chi connectivity index (χ4v) is 7.92. The van der Waals surface area contributed by atoms with Gasteiger partial charge in [0.25, 0.3) is 0 Å². The van der Waals surface area contributed by atoms with Crippen molar-refractivity contribution in [1.82, 2.24) is 4.31 Å². The summed E-state index contributed by atoms with van der Waals surface area (Å²) < 4.78 is 37.6. The van der Waals surface area contributed by atoms with E-state index in [-0.39, 0.29) is 27.4 Å². The van der Waals surface area contributed by atoms with Crippen LogP contribution >= 0.6 is 46.1 Å². The summed E-state index contributed by atoms with van der Waals surface area (Å²) >= 11 is 19.6. The molecular formula is C26H25Cl3N2O7S2. The van der Waals surface area contributed by atoms with Crippen LogP contribution in [0.5, 0.6) is 5.75 Å². The molecule has 2 aromatic carbocycles. The molecule has 1 saturated heterocycles. The zero-order valence-corrected chi connectivity index (χ0v) is 25.1. The van der Waals surface area contributed by atoms with Crippen molar-refractivity contribution in [2.45, 2.75) is 24.6 Å². The average Bonchev–Trinajstić information content (AvgIpc) is 3.22. The number of hydrogen-bond donors (Lipinski definition) is 2. The highest BCUT2D eigenvalue weighted by Gasteiger charge is 2.29. The molecule has 1 aliphatic rings. The lowest BCUT2D eigenvalue weighted by Gasteiger charge is -2.32. The van der Waals surface area contributed by atoms with E-state index in [1.807, 2.05) is 24.3 Å². The quantitative estimate of drug-likeness (QED) is 0.256. The van der Waals surface area contributed by atoms with Crippen LogP contribution in [0, 0.1) is 0 Å². The molecular weight excluding hydrogens is 623 g/mol. The van der Waals surface area contributed by atoms with Gasteiger partial charge in [0.05, 0.1) is 17.7 Å². The number of halogens is 3. The van der Waals surface area contributed by atoms with E-state index < -0.39 is 28.6 Å². The number of nitrogens with zero attached hydrogens (tertiary/aromatic N) is 1. The number of nitrogens with one attached hydrogen (secondary N) is 1. The summed E-state index contributed by atoms with van der Waals surface area (Å²) in [6.45, 7) is 0.0533. The molecule has 40 heavy (non-hydrogen) atoms. The molecule has 3 aromatic rings. The largest absolute Gasteiger partial charge is 0.479 e. The summed E-state index contributed by atoms with van der Waals surface area (Å²) in [6.07, 6.45) is 1.19. The summed E-state index contributed by atoms with van der Waals surface area (Å²) in [5.74, 6) is -2.12. The summed E-state index contributed by atoms with van der Waals surface area (Å²) in [6, 6.07) is 12.1. The molecule has 0 aliphatic carbocycles. The highest BCUT2D eigenvalue weighted by atomic mass is 35.5. The standard InChI is InChI=1S/C26H25Cl3N2O7S2/c1-37-26(34)25-23(38-13-21(32)33)22(29)24(39-25)16-3-2-4-20(11-16)30-19-5-7-31(8-6-19)40(35,36)14-15-9-17(27)12-18(28)10-15/h2-4,9-12,19,30H,5-8,13-14H2,1H3,(H,32,33). The Kier molecular flexibility index (Phi) is 9.86. The minimum atomic E-state index is -3.55. The van der Waals surface area contributed by atoms with Crippen molar-refractivity contribution in [3.05, 3.63) is 68.0 Å². The molecule has 1 fully saturated rings. The molecule has 0 atom stereocenters. The molecule has 1 aromatic heterocycles. The molecule has 2 N–H and O–H groups in total. The van der Waals surface area contributed by atoms with Crippen molar-refractivity contribution in [3.63, 3.8) is 0 Å². The van der Waals surface area contributed by atoms with Crippen LogP contribution in [-0.4, -0.2) is 62.6 Å². The minimum absolute atomic E-state index is 0.0289. The van der Waals surface area contributed by atoms with Gasteiger partial charge in [-0.25, -0.2) is 22.3 Å². The molecule has 214 valence electrons. The van der Waals surface area contributed by atoms with Crippen molar-refractivity contribution >= 4 is 73.8 Å². The number of carboxylic acid groups (broad SMARTS) is 1. The number of thiophene rings is 1. The van der Waals surface area contributed by atoms with Gasteiger partial charge in [-0.15, -0.1) is 11.3 Å². The first-order chi connectivity index (χ1) is 19.0. The molecule has 0 radical (unpaired) electrons. The lowest BCUT2D eigenvalue weighted by molar-refractivity contribution is -0.139. The lowest BCUT2D eigenvalue weighted by Crippen LogP contribution is -2.42. The SMILES string of the molecule is COC(=O)c1sc(-c2cccc(NC3CCN(S(=O)(=O)Cc4cc(Cl)cc(Cl)c4)CC3)c2)c(Cl)c1OCC(=O)O. The maximum absolute atomic E-state index is 13.0. The first-order valence-electron chi connectivity index (χ1n) is 12.0. The Balaban J connectivity index is 1.44. The Morgan fingerprint density at radius 3 is 2.40 bits per heavy atom. The van der Waals surface area contributed by atoms with Crippen LogP contribution in [-0.2, 0) is 25.3 Å². The first kappa shape index (κ1) is 30.4. The number of esters is 1. The fraction of sp³-hybridized carbons (Fsp3) is 0.308. The molecule has 0 amide bonds. The maximum atomic E-state index is 13.0. The van der Waals surface area contributed by atoms with Crippen LogP contribution in [0.25, 0.3) is 10.4 Å². The van der Waals surface area contributed by atoms with Gasteiger partial charge in [0.15, 0.2) is 17.2 Å². The number of aliphatic carboxylic acids is 1. The summed E-state index contributed by atoms with van der Waals surface area (Å²) in [4.78, 5) is 23.8. The topological polar surface area (TPSA) is 122 Å². The maximum Gasteiger partial charge on any atom is 0.351 e. The highest BCUT2D eigenvalue weighted by molar-refractivity contribution is 7.88. The van der Waals surface area contributed by atoms with Gasteiger partial charge in [0.2, 0.25) is 10.0 Å². The number of ether oxygens (including phenoxy) is 2. The molecule has 0 unspecified atom stereocenters. The van der Waals surface area contributed by atoms with Crippen LogP contribution in [0.4, 0.5) is 5.69 Å². The smallest absolute Gasteiger partial charge is 0.351 e. The number of carbonyl (C=O) groups excluding carboxylic acids is 1. The van der Waals surface area contributed by atoms with Gasteiger partial charge in [-0.2, -0.15) is 0 Å². The number of benzene rings is 2. The number of carbonyl (C=O) groups is 2. The van der Waals surface area contributed by atoms with Gasteiger partial charge >= 0.3 is 11.9 Å². The van der Waals surface area contributed by atoms with E-state index >= 15 is 0 Å². The molecule has 9 nitrogen and oxygen atoms in total. The second-order valence-electron chi connectivity index (χ2n) is 9.01. The molecule has 4 rings (SSSR count). The van der Waals surface area contributed by atoms with E-state index in [9.17, 15) is 18.0 Å². The van der Waals surface area contributed by atoms with Crippen LogP contribution in [0.2, 0.25) is 15.1 Å². The summed E-state index contributed by atoms with van der Waals surface area (Å²) in [5, 5.41) is 13.3. The number of methoxy groups -OCH3 is 1. The third kappa shape index (κ3) is 7.39. The number of sulfonamides is 1. The van der Waals surface area contributed by atoms with Gasteiger partial charge in [0.1, 0.15) is 5.02 Å². The normalized spacial score (nSPS) is 14.6. The minimum Gasteiger partial charge on any atom is -0.479 e. The van der Waals surface area contributed by atoms with Gasteiger partial charge < -0.3 is 19.9 Å². The molecule has 14 heteroatoms. The van der Waals surface area contributed by atoms with E-state index in [0.29, 0.717) is 52.0 Å². The number of rotatable bonds is 10. The molecule has 0 bridgehead atoms. The lowest BCUT2D eigenvalue weighted by atomic mass is 10.1. The van der Waals surface area contributed by atoms with Gasteiger partial charge in [0, 0.05) is 34.9 Å². The Labute approximate surface area is 250 Å². The zero-order valence-electron chi connectivity index (χ0n) is 21.2. The van der Waals surface area contributed by atoms with Crippen molar-refractivity contribution in [2.24, 2.45) is 0 Å². The van der Waals surface area contributed by atoms with Crippen molar-refractivity contribution < 1.29 is 32.6 Å². The third-order valence-corrected chi connectivity index (χ3v) is 10.1. The van der Waals surface area contributed by atoms with Gasteiger partial charge in [-0.3, -0.25) is 0 Å². The van der Waals surface area contributed by atoms with E-state index in [1.165, 1.54) is 11.4 Å². The molecule has 0 saturated carbocycles. The fourth-order valence-electron chi connectivity index (χ4n) is 4.33. The summed E-state index contributed by atoms with van der Waals surface area (Å²) in [5.41, 5.74) is 2.01. The van der Waals surface area contributed by atoms with Crippen LogP contribution in [0.1, 0.15) is 28.1 Å². The van der Waals surface area contributed by atoms with Gasteiger partial charge in [-0.05, 0) is 54.3 Å². The second kappa shape index (κ2) is 13.0. The Morgan fingerprint density at radius 1 is 1.10 bits per heavy atom. The molecule has 1 aliphatic heterocycles. The van der Waals surface area contributed by atoms with E-state index in [0.717, 1.165) is 17.0 Å². The van der Waals surface area contributed by atoms with E-state index in [2.05, 4.69) is 5.32 Å². The Hall–Kier alpha value is -2.54. The summed E-state index contributed by atoms with van der Waals surface area (Å²) in [7, 11) is -2.33. The number of hydrogen-bond acceptors (Lipinski definition) is 8. The second-order valence-corrected chi connectivity index (χ2v) is 13.3. The van der Waals surface area contributed by atoms with Crippen molar-refractivity contribution in [2.75, 3.05) is 32.1 Å². The highest BCUT2D eigenvalue weighted by Crippen LogP contribution is 2.46. The number of piperidine rings is 1. The zero-order chi connectivity index (χ0) is 29.0. The van der Waals surface area contributed by atoms with Crippen molar-refractivity contribution in [3.8, 4) is 16.2 Å². The van der Waals surface area contributed by atoms with Crippen LogP contribution < -0.4 is 10.1 Å². The van der Waals surface area contributed by atoms with Crippen LogP contribution in [0.3, 0.4) is 0 Å². The van der Waals surface area contributed by atoms with Crippen LogP contribution in [0.15, 0.2) is 42.5 Å². The molecule has 0 spiro atoms. The monoisotopic (exact) mass is 646 g/mol. The number of carboxylic acids is 1. The predicted octanol–water partition coefficient (Wildman–Crippen LogP) is 6.03. The predicted molar refractivity (Wildman–Crippen MR) is 157 cm³/mol. The first-order valence-corrected chi connectivity index (χ1v) is 15.6. The average molecular weight is 648 g/mol. The van der Waals surface area contributed by atoms with Gasteiger partial charge in [-0.1, -0.05) is 46.9 Å². The number of anilines is 1. The third-order valence-electron chi connectivity index (χ3n) is 6.13. The Bertz CT molecular complexity index is 1500. The molecule has 2 heterocycles.